The molecule has 0 amide bonds. The first-order valence-corrected chi connectivity index (χ1v) is 12.5. The van der Waals surface area contributed by atoms with E-state index in [0.29, 0.717) is 0 Å². The third kappa shape index (κ3) is 2.69. The summed E-state index contributed by atoms with van der Waals surface area (Å²) in [5.41, 5.74) is 0. The van der Waals surface area contributed by atoms with Gasteiger partial charge in [0.2, 0.25) is 0 Å². The van der Waals surface area contributed by atoms with Crippen LogP contribution in [-0.2, 0) is 0 Å². The van der Waals surface area contributed by atoms with Crippen molar-refractivity contribution in [1.29, 1.82) is 0 Å². The van der Waals surface area contributed by atoms with Crippen molar-refractivity contribution in [3.05, 3.63) is 74.4 Å². The van der Waals surface area contributed by atoms with Gasteiger partial charge in [0, 0.05) is 0 Å². The second-order valence-corrected chi connectivity index (χ2v) is 14.0. The molecule has 0 aliphatic heterocycles. The first-order valence-electron chi connectivity index (χ1n) is 7.64. The van der Waals surface area contributed by atoms with Crippen molar-refractivity contribution in [2.75, 3.05) is 0 Å². The molecule has 0 spiro atoms. The van der Waals surface area contributed by atoms with E-state index < -0.39 is 15.0 Å². The summed E-state index contributed by atoms with van der Waals surface area (Å²) in [5, 5.41) is 0. The van der Waals surface area contributed by atoms with E-state index >= 15 is 0 Å². The fraction of sp³-hybridized carbons (Fsp3) is 0. The van der Waals surface area contributed by atoms with E-state index in [1.807, 2.05) is 0 Å². The van der Waals surface area contributed by atoms with Crippen LogP contribution in [0, 0.1) is 0 Å². The molecule has 120 valence electrons. The van der Waals surface area contributed by atoms with Crippen LogP contribution in [-0.4, -0.2) is 54.9 Å². The van der Waals surface area contributed by atoms with Crippen LogP contribution >= 0.6 is 0 Å². The van der Waals surface area contributed by atoms with Gasteiger partial charge in [0.1, 0.15) is 0 Å². The van der Waals surface area contributed by atoms with Crippen molar-refractivity contribution >= 4 is 32.0 Å². The molecule has 0 fully saturated rings. The molecule has 4 aromatic rings. The van der Waals surface area contributed by atoms with Gasteiger partial charge in [0.25, 0.3) is 0 Å². The van der Waals surface area contributed by atoms with Crippen molar-refractivity contribution in [1.82, 2.24) is 39.9 Å². The summed E-state index contributed by atoms with van der Waals surface area (Å²) in [6.07, 6.45) is 20.3. The average Bonchev–Trinajstić information content (AvgIpc) is 2.72. The molecule has 9 heteroatoms. The third-order valence-electron chi connectivity index (χ3n) is 4.11. The molecule has 8 nitrogen and oxygen atoms in total. The molecule has 0 bridgehead atoms. The van der Waals surface area contributed by atoms with Crippen molar-refractivity contribution < 1.29 is 0 Å². The van der Waals surface area contributed by atoms with Crippen molar-refractivity contribution in [2.45, 2.75) is 0 Å². The minimum atomic E-state index is -3.91. The zero-order chi connectivity index (χ0) is 17.0. The van der Waals surface area contributed by atoms with Crippen LogP contribution in [0.1, 0.15) is 0 Å². The fourth-order valence-corrected chi connectivity index (χ4v) is 12.1. The van der Waals surface area contributed by atoms with E-state index in [1.54, 1.807) is 74.4 Å². The summed E-state index contributed by atoms with van der Waals surface area (Å²) in [4.78, 5) is 35.5. The van der Waals surface area contributed by atoms with Gasteiger partial charge in [-0.05, 0) is 0 Å². The molecular weight excluding hydrogens is 374 g/mol. The Morgan fingerprint density at radius 1 is 0.400 bits per heavy atom. The molecule has 0 radical (unpaired) electrons. The zero-order valence-corrected chi connectivity index (χ0v) is 15.5. The molecule has 0 atom stereocenters. The van der Waals surface area contributed by atoms with E-state index in [9.17, 15) is 0 Å². The first kappa shape index (κ1) is 15.5. The Morgan fingerprint density at radius 3 is 0.880 bits per heavy atom. The van der Waals surface area contributed by atoms with Crippen molar-refractivity contribution in [3.8, 4) is 0 Å². The molecule has 0 aromatic carbocycles. The van der Waals surface area contributed by atoms with E-state index in [4.69, 9.17) is 0 Å². The third-order valence-corrected chi connectivity index (χ3v) is 14.1. The summed E-state index contributed by atoms with van der Waals surface area (Å²) in [5.74, 6) is 0. The topological polar surface area (TPSA) is 103 Å². The second kappa shape index (κ2) is 6.83. The van der Waals surface area contributed by atoms with Gasteiger partial charge >= 0.3 is 146 Å². The van der Waals surface area contributed by atoms with Gasteiger partial charge in [-0.3, -0.25) is 0 Å². The van der Waals surface area contributed by atoms with Crippen LogP contribution < -0.4 is 17.0 Å². The number of hydrogen-bond donors (Lipinski definition) is 0. The van der Waals surface area contributed by atoms with E-state index in [2.05, 4.69) is 39.9 Å². The zero-order valence-electron chi connectivity index (χ0n) is 13.1. The molecular formula is C16H12GaN8-. The van der Waals surface area contributed by atoms with Crippen molar-refractivity contribution in [2.24, 2.45) is 0 Å². The molecule has 0 saturated heterocycles. The van der Waals surface area contributed by atoms with Gasteiger partial charge < -0.3 is 0 Å². The molecule has 0 aliphatic rings. The Morgan fingerprint density at radius 2 is 0.680 bits per heavy atom. The SMILES string of the molecule is c1cn[c]([Ga-]([c]2cnccn2)([c]2cnccn2)[c]2cnccn2)cn1. The van der Waals surface area contributed by atoms with Gasteiger partial charge in [0.15, 0.2) is 0 Å². The Balaban J connectivity index is 2.13. The Kier molecular flexibility index (Phi) is 4.23. The Bertz CT molecular complexity index is 775. The maximum atomic E-state index is 4.60. The molecule has 0 saturated carbocycles. The summed E-state index contributed by atoms with van der Waals surface area (Å²) in [6, 6.07) is 0. The average molecular weight is 386 g/mol. The van der Waals surface area contributed by atoms with E-state index in [1.165, 1.54) is 0 Å². The van der Waals surface area contributed by atoms with Crippen LogP contribution in [0.4, 0.5) is 0 Å². The van der Waals surface area contributed by atoms with Gasteiger partial charge in [-0.15, -0.1) is 0 Å². The number of nitrogens with zero attached hydrogens (tertiary/aromatic N) is 8. The number of aromatic nitrogens is 8. The van der Waals surface area contributed by atoms with Gasteiger partial charge in [0.05, 0.1) is 0 Å². The first-order chi connectivity index (χ1) is 12.4. The number of rotatable bonds is 4. The quantitative estimate of drug-likeness (QED) is 0.380. The van der Waals surface area contributed by atoms with Crippen LogP contribution in [0.25, 0.3) is 0 Å². The summed E-state index contributed by atoms with van der Waals surface area (Å²) in [6.45, 7) is 0. The standard InChI is InChI=1S/4C4H3N2.Ga/c4*1-2-6-4-3-5-1;/h4*1-3H;/q;;;;-1. The van der Waals surface area contributed by atoms with Crippen LogP contribution in [0.2, 0.25) is 0 Å². The van der Waals surface area contributed by atoms with Crippen LogP contribution in [0.5, 0.6) is 0 Å². The van der Waals surface area contributed by atoms with Gasteiger partial charge in [-0.25, -0.2) is 0 Å². The minimum absolute atomic E-state index is 0.811. The molecule has 0 unspecified atom stereocenters. The number of hydrogen-bond acceptors (Lipinski definition) is 8. The molecule has 4 heterocycles. The van der Waals surface area contributed by atoms with E-state index in [-0.39, 0.29) is 0 Å². The summed E-state index contributed by atoms with van der Waals surface area (Å²) >= 11 is -3.91. The normalized spacial score (nSPS) is 11.2. The van der Waals surface area contributed by atoms with Gasteiger partial charge in [-0.1, -0.05) is 0 Å². The van der Waals surface area contributed by atoms with Crippen molar-refractivity contribution in [3.63, 3.8) is 0 Å². The predicted octanol–water partition coefficient (Wildman–Crippen LogP) is -1.78. The molecule has 25 heavy (non-hydrogen) atoms. The fourth-order valence-electron chi connectivity index (χ4n) is 3.05. The Labute approximate surface area is 146 Å². The molecule has 4 rings (SSSR count). The maximum absolute atomic E-state index is 4.60. The second-order valence-electron chi connectivity index (χ2n) is 5.39. The Hall–Kier alpha value is -3.04. The molecule has 4 aromatic heterocycles. The predicted molar refractivity (Wildman–Crippen MR) is 92.4 cm³/mol. The van der Waals surface area contributed by atoms with E-state index in [0.717, 1.165) is 17.0 Å². The van der Waals surface area contributed by atoms with Crippen LogP contribution in [0.3, 0.4) is 0 Å². The summed E-state index contributed by atoms with van der Waals surface area (Å²) < 4.78 is 3.24. The van der Waals surface area contributed by atoms with Gasteiger partial charge in [-0.2, -0.15) is 0 Å². The molecule has 0 aliphatic carbocycles. The summed E-state index contributed by atoms with van der Waals surface area (Å²) in [7, 11) is 0. The van der Waals surface area contributed by atoms with Crippen LogP contribution in [0.15, 0.2) is 74.4 Å². The molecule has 0 N–H and O–H groups in total. The monoisotopic (exact) mass is 385 g/mol.